The first-order chi connectivity index (χ1) is 11.3. The van der Waals surface area contributed by atoms with Crippen molar-refractivity contribution in [3.05, 3.63) is 42.7 Å². The van der Waals surface area contributed by atoms with Gasteiger partial charge in [0.15, 0.2) is 0 Å². The molecule has 0 saturated carbocycles. The van der Waals surface area contributed by atoms with Crippen molar-refractivity contribution in [1.29, 1.82) is 0 Å². The summed E-state index contributed by atoms with van der Waals surface area (Å²) >= 11 is 1.09. The molecule has 23 heavy (non-hydrogen) atoms. The summed E-state index contributed by atoms with van der Waals surface area (Å²) in [6.07, 6.45) is 7.50. The van der Waals surface area contributed by atoms with Gasteiger partial charge in [0, 0.05) is 12.4 Å². The number of nitrogens with zero attached hydrogens (tertiary/aromatic N) is 5. The standard InChI is InChI=1S/C13H10N6O3S/c20-11(17-16-6-9-2-1-5-21-9)8-23-13-19-18-12(22-13)10-7-14-3-4-15-10/h1-7H,8H2,(H,17,20)/b16-6+. The molecule has 0 unspecified atom stereocenters. The fourth-order valence-corrected chi connectivity index (χ4v) is 2.03. The van der Waals surface area contributed by atoms with Gasteiger partial charge >= 0.3 is 0 Å². The molecule has 3 rings (SSSR count). The van der Waals surface area contributed by atoms with E-state index in [4.69, 9.17) is 8.83 Å². The lowest BCUT2D eigenvalue weighted by Crippen LogP contribution is -2.19. The zero-order valence-electron chi connectivity index (χ0n) is 11.6. The number of thioether (sulfide) groups is 1. The summed E-state index contributed by atoms with van der Waals surface area (Å²) in [7, 11) is 0. The van der Waals surface area contributed by atoms with Crippen LogP contribution < -0.4 is 5.43 Å². The normalized spacial score (nSPS) is 11.0. The van der Waals surface area contributed by atoms with Gasteiger partial charge in [-0.15, -0.1) is 10.2 Å². The van der Waals surface area contributed by atoms with Gasteiger partial charge in [-0.05, 0) is 12.1 Å². The molecule has 0 aliphatic carbocycles. The minimum atomic E-state index is -0.308. The quantitative estimate of drug-likeness (QED) is 0.409. The molecule has 0 radical (unpaired) electrons. The molecular formula is C13H10N6O3S. The molecule has 10 heteroatoms. The number of hydrazone groups is 1. The summed E-state index contributed by atoms with van der Waals surface area (Å²) in [6.45, 7) is 0. The van der Waals surface area contributed by atoms with Crippen LogP contribution in [0.3, 0.4) is 0 Å². The predicted molar refractivity (Wildman–Crippen MR) is 80.5 cm³/mol. The van der Waals surface area contributed by atoms with E-state index in [9.17, 15) is 4.79 Å². The highest BCUT2D eigenvalue weighted by Crippen LogP contribution is 2.20. The van der Waals surface area contributed by atoms with Crippen LogP contribution in [-0.2, 0) is 4.79 Å². The van der Waals surface area contributed by atoms with Crippen LogP contribution in [0.1, 0.15) is 5.76 Å². The first-order valence-electron chi connectivity index (χ1n) is 6.39. The predicted octanol–water partition coefficient (Wildman–Crippen LogP) is 1.36. The van der Waals surface area contributed by atoms with E-state index >= 15 is 0 Å². The van der Waals surface area contributed by atoms with Crippen molar-refractivity contribution in [2.24, 2.45) is 5.10 Å². The van der Waals surface area contributed by atoms with Gasteiger partial charge in [0.2, 0.25) is 0 Å². The van der Waals surface area contributed by atoms with E-state index in [1.54, 1.807) is 18.3 Å². The highest BCUT2D eigenvalue weighted by Gasteiger charge is 2.11. The summed E-state index contributed by atoms with van der Waals surface area (Å²) in [5.41, 5.74) is 2.84. The van der Waals surface area contributed by atoms with Gasteiger partial charge in [0.25, 0.3) is 17.0 Å². The molecule has 0 fully saturated rings. The number of amides is 1. The van der Waals surface area contributed by atoms with Crippen LogP contribution in [0.2, 0.25) is 0 Å². The van der Waals surface area contributed by atoms with Gasteiger partial charge in [0.1, 0.15) is 11.5 Å². The van der Waals surface area contributed by atoms with E-state index in [2.05, 4.69) is 30.7 Å². The molecule has 116 valence electrons. The SMILES string of the molecule is O=C(CSc1nnc(-c2cnccn2)o1)N/N=C/c1ccco1. The monoisotopic (exact) mass is 330 g/mol. The highest BCUT2D eigenvalue weighted by atomic mass is 32.2. The van der Waals surface area contributed by atoms with Crippen molar-refractivity contribution in [2.75, 3.05) is 5.75 Å². The number of aromatic nitrogens is 4. The van der Waals surface area contributed by atoms with E-state index in [0.29, 0.717) is 11.5 Å². The number of hydrogen-bond donors (Lipinski definition) is 1. The van der Waals surface area contributed by atoms with E-state index in [1.807, 2.05) is 0 Å². The van der Waals surface area contributed by atoms with Gasteiger partial charge in [-0.2, -0.15) is 5.10 Å². The Morgan fingerprint density at radius 1 is 1.39 bits per heavy atom. The minimum absolute atomic E-state index is 0.0809. The molecular weight excluding hydrogens is 320 g/mol. The molecule has 3 aromatic heterocycles. The van der Waals surface area contributed by atoms with Crippen LogP contribution in [0.4, 0.5) is 0 Å². The maximum absolute atomic E-state index is 11.6. The van der Waals surface area contributed by atoms with Crippen LogP contribution in [0.5, 0.6) is 0 Å². The molecule has 3 aromatic rings. The van der Waals surface area contributed by atoms with Crippen LogP contribution in [0, 0.1) is 0 Å². The summed E-state index contributed by atoms with van der Waals surface area (Å²) in [5.74, 6) is 0.565. The van der Waals surface area contributed by atoms with Crippen LogP contribution in [0.15, 0.2) is 56.1 Å². The second-order valence-electron chi connectivity index (χ2n) is 4.06. The van der Waals surface area contributed by atoms with Gasteiger partial charge in [-0.3, -0.25) is 9.78 Å². The van der Waals surface area contributed by atoms with Gasteiger partial charge in [-0.1, -0.05) is 11.8 Å². The van der Waals surface area contributed by atoms with E-state index in [-0.39, 0.29) is 22.8 Å². The molecule has 0 aliphatic heterocycles. The van der Waals surface area contributed by atoms with Crippen molar-refractivity contribution >= 4 is 23.9 Å². The van der Waals surface area contributed by atoms with Gasteiger partial charge < -0.3 is 8.83 Å². The van der Waals surface area contributed by atoms with Gasteiger partial charge in [-0.25, -0.2) is 10.4 Å². The van der Waals surface area contributed by atoms with Crippen LogP contribution >= 0.6 is 11.8 Å². The molecule has 0 atom stereocenters. The summed E-state index contributed by atoms with van der Waals surface area (Å²) in [6, 6.07) is 3.44. The molecule has 0 spiro atoms. The number of carbonyl (C=O) groups excluding carboxylic acids is 1. The molecule has 0 aromatic carbocycles. The Hall–Kier alpha value is -3.01. The third-order valence-corrected chi connectivity index (χ3v) is 3.26. The third-order valence-electron chi connectivity index (χ3n) is 2.44. The van der Waals surface area contributed by atoms with Gasteiger partial charge in [0.05, 0.1) is 24.4 Å². The Balaban J connectivity index is 1.49. The lowest BCUT2D eigenvalue weighted by molar-refractivity contribution is -0.118. The zero-order chi connectivity index (χ0) is 15.9. The average molecular weight is 330 g/mol. The van der Waals surface area contributed by atoms with E-state index in [0.717, 1.165) is 11.8 Å². The number of nitrogens with one attached hydrogen (secondary N) is 1. The average Bonchev–Trinajstić information content (AvgIpc) is 3.25. The topological polar surface area (TPSA) is 119 Å². The number of rotatable bonds is 6. The fraction of sp³-hybridized carbons (Fsp3) is 0.0769. The molecule has 1 N–H and O–H groups in total. The smallest absolute Gasteiger partial charge is 0.277 e. The van der Waals surface area contributed by atoms with Crippen molar-refractivity contribution in [3.63, 3.8) is 0 Å². The minimum Gasteiger partial charge on any atom is -0.463 e. The lowest BCUT2D eigenvalue weighted by atomic mass is 10.4. The van der Waals surface area contributed by atoms with Crippen LogP contribution in [0.25, 0.3) is 11.6 Å². The summed E-state index contributed by atoms with van der Waals surface area (Å²) in [4.78, 5) is 19.6. The number of carbonyl (C=O) groups is 1. The largest absolute Gasteiger partial charge is 0.463 e. The summed E-state index contributed by atoms with van der Waals surface area (Å²) in [5, 5.41) is 11.7. The highest BCUT2D eigenvalue weighted by molar-refractivity contribution is 7.99. The number of hydrogen-bond acceptors (Lipinski definition) is 9. The first-order valence-corrected chi connectivity index (χ1v) is 7.38. The van der Waals surface area contributed by atoms with Crippen LogP contribution in [-0.4, -0.2) is 38.0 Å². The second-order valence-corrected chi connectivity index (χ2v) is 4.99. The Morgan fingerprint density at radius 3 is 3.13 bits per heavy atom. The van der Waals surface area contributed by atoms with E-state index in [1.165, 1.54) is 24.9 Å². The van der Waals surface area contributed by atoms with Crippen molar-refractivity contribution in [3.8, 4) is 11.6 Å². The molecule has 0 aliphatic rings. The number of furan rings is 1. The zero-order valence-corrected chi connectivity index (χ0v) is 12.4. The first kappa shape index (κ1) is 14.9. The molecule has 0 saturated heterocycles. The molecule has 1 amide bonds. The summed E-state index contributed by atoms with van der Waals surface area (Å²) < 4.78 is 10.4. The Labute approximate surface area is 134 Å². The molecule has 3 heterocycles. The third kappa shape index (κ3) is 4.23. The Morgan fingerprint density at radius 2 is 2.35 bits per heavy atom. The van der Waals surface area contributed by atoms with Crippen molar-refractivity contribution in [1.82, 2.24) is 25.6 Å². The Kier molecular flexibility index (Phi) is 4.74. The molecule has 0 bridgehead atoms. The maximum Gasteiger partial charge on any atom is 0.277 e. The Bertz CT molecular complexity index is 787. The fourth-order valence-electron chi connectivity index (χ4n) is 1.47. The molecule has 9 nitrogen and oxygen atoms in total. The second kappa shape index (κ2) is 7.31. The van der Waals surface area contributed by atoms with Crippen molar-refractivity contribution < 1.29 is 13.6 Å². The van der Waals surface area contributed by atoms with Crippen molar-refractivity contribution in [2.45, 2.75) is 5.22 Å². The van der Waals surface area contributed by atoms with E-state index < -0.39 is 0 Å². The maximum atomic E-state index is 11.6. The lowest BCUT2D eigenvalue weighted by Gasteiger charge is -1.96.